The highest BCUT2D eigenvalue weighted by atomic mass is 15.0. The van der Waals surface area contributed by atoms with E-state index in [1.807, 2.05) is 0 Å². The van der Waals surface area contributed by atoms with Crippen molar-refractivity contribution in [3.8, 4) is 39.1 Å². The summed E-state index contributed by atoms with van der Waals surface area (Å²) in [6.07, 6.45) is 0. The van der Waals surface area contributed by atoms with Crippen molar-refractivity contribution in [2.75, 3.05) is 5.32 Å². The molecule has 0 saturated carbocycles. The highest BCUT2D eigenvalue weighted by Crippen LogP contribution is 2.63. The lowest BCUT2D eigenvalue weighted by Crippen LogP contribution is -2.38. The van der Waals surface area contributed by atoms with Crippen LogP contribution >= 0.6 is 0 Å². The van der Waals surface area contributed by atoms with Gasteiger partial charge in [0, 0.05) is 38.6 Å². The summed E-state index contributed by atoms with van der Waals surface area (Å²) in [7, 11) is 0.852. The van der Waals surface area contributed by atoms with Gasteiger partial charge >= 0.3 is 0 Å². The average molecular weight is 749 g/mol. The van der Waals surface area contributed by atoms with E-state index in [9.17, 15) is 0 Å². The minimum atomic E-state index is -0.480. The number of para-hydroxylation sites is 3. The van der Waals surface area contributed by atoms with Crippen LogP contribution in [0.4, 0.5) is 11.4 Å². The lowest BCUT2D eigenvalue weighted by Gasteiger charge is -2.41. The molecule has 1 spiro atoms. The monoisotopic (exact) mass is 748 g/mol. The summed E-state index contributed by atoms with van der Waals surface area (Å²) in [5.41, 5.74) is 24.4. The molecule has 2 aliphatic carbocycles. The second kappa shape index (κ2) is 10.9. The number of rotatable bonds is 1. The Kier molecular flexibility index (Phi) is 5.89. The van der Waals surface area contributed by atoms with Crippen molar-refractivity contribution in [3.63, 3.8) is 0 Å². The average Bonchev–Trinajstić information content (AvgIpc) is 3.84. The number of anilines is 2. The molecule has 14 rings (SSSR count). The Balaban J connectivity index is 1.15. The van der Waals surface area contributed by atoms with Gasteiger partial charge in [-0.25, -0.2) is 0 Å². The Morgan fingerprint density at radius 2 is 1.08 bits per heavy atom. The molecule has 10 aromatic rings. The van der Waals surface area contributed by atoms with Crippen LogP contribution in [0.25, 0.3) is 71.6 Å². The van der Waals surface area contributed by atoms with E-state index in [1.54, 1.807) is 0 Å². The summed E-state index contributed by atoms with van der Waals surface area (Å²) in [6, 6.07) is 66.8. The van der Waals surface area contributed by atoms with Crippen LogP contribution in [0.1, 0.15) is 47.2 Å². The van der Waals surface area contributed by atoms with Gasteiger partial charge in [-0.3, -0.25) is 0 Å². The molecule has 0 unspecified atom stereocenters. The fourth-order valence-electron chi connectivity index (χ4n) is 12.2. The van der Waals surface area contributed by atoms with Gasteiger partial charge in [-0.05, 0) is 102 Å². The number of nitrogens with one attached hydrogen (secondary N) is 1. The minimum absolute atomic E-state index is 0.194. The molecule has 0 saturated heterocycles. The number of benzene rings is 9. The smallest absolute Gasteiger partial charge is 0.198 e. The standard InChI is InChI=1S/C56H37BN2/c1-55(2)40-22-8-7-19-37(40)50-45(55)31-49-52(57-46-27-14-20-36-39-29-32-15-3-4-16-33(32)30-48(39)59(49)54(36)46)51(50)38-21-13-26-44-53(38)58-47-28-12-11-25-43(47)56(44)41-23-9-5-17-34(41)35-18-6-10-24-42(35)56/h3-31,57-58H,1-2H3. The molecular weight excluding hydrogens is 711 g/mol. The molecule has 0 radical (unpaired) electrons. The third kappa shape index (κ3) is 3.76. The zero-order valence-corrected chi connectivity index (χ0v) is 32.9. The molecule has 0 amide bonds. The Hall–Kier alpha value is -7.10. The van der Waals surface area contributed by atoms with Crippen LogP contribution in [-0.2, 0) is 10.8 Å². The molecule has 274 valence electrons. The summed E-state index contributed by atoms with van der Waals surface area (Å²) < 4.78 is 2.62. The summed E-state index contributed by atoms with van der Waals surface area (Å²) in [5.74, 6) is 0. The molecule has 0 atom stereocenters. The van der Waals surface area contributed by atoms with Gasteiger partial charge in [-0.1, -0.05) is 171 Å². The third-order valence-corrected chi connectivity index (χ3v) is 14.6. The SMILES string of the molecule is CC1(C)c2ccccc2-c2c1cc1c(c2-c2cccc3c2Nc2ccccc2C32c3ccccc3-c3ccccc32)Bc2cccc3c4cc5ccccc5cc4n-1c23. The first-order valence-electron chi connectivity index (χ1n) is 21.0. The molecule has 0 fully saturated rings. The zero-order valence-electron chi connectivity index (χ0n) is 32.9. The summed E-state index contributed by atoms with van der Waals surface area (Å²) in [6.45, 7) is 4.86. The van der Waals surface area contributed by atoms with E-state index in [1.165, 1.54) is 122 Å². The van der Waals surface area contributed by atoms with Crippen LogP contribution in [0, 0.1) is 0 Å². The number of aromatic nitrogens is 1. The molecule has 2 aliphatic heterocycles. The van der Waals surface area contributed by atoms with Crippen LogP contribution in [0.3, 0.4) is 0 Å². The van der Waals surface area contributed by atoms with Gasteiger partial charge in [0.15, 0.2) is 7.28 Å². The van der Waals surface area contributed by atoms with E-state index >= 15 is 0 Å². The molecule has 2 nitrogen and oxygen atoms in total. The normalized spacial score (nSPS) is 15.2. The van der Waals surface area contributed by atoms with E-state index in [0.717, 1.165) is 13.0 Å². The summed E-state index contributed by atoms with van der Waals surface area (Å²) in [5, 5.41) is 9.33. The van der Waals surface area contributed by atoms with Gasteiger partial charge in [-0.2, -0.15) is 0 Å². The number of hydrogen-bond acceptors (Lipinski definition) is 1. The highest BCUT2D eigenvalue weighted by Gasteiger charge is 2.51. The number of fused-ring (bicyclic) bond motifs is 18. The maximum Gasteiger partial charge on any atom is 0.198 e. The van der Waals surface area contributed by atoms with Crippen LogP contribution in [0.5, 0.6) is 0 Å². The molecule has 4 aliphatic rings. The zero-order chi connectivity index (χ0) is 38.8. The fraction of sp³-hybridized carbons (Fsp3) is 0.0714. The Bertz CT molecular complexity index is 3500. The molecule has 3 heterocycles. The van der Waals surface area contributed by atoms with Crippen molar-refractivity contribution in [2.24, 2.45) is 0 Å². The maximum atomic E-state index is 4.14. The second-order valence-electron chi connectivity index (χ2n) is 17.6. The Morgan fingerprint density at radius 3 is 1.86 bits per heavy atom. The largest absolute Gasteiger partial charge is 0.354 e. The second-order valence-corrected chi connectivity index (χ2v) is 17.6. The molecule has 3 heteroatoms. The molecule has 1 N–H and O–H groups in total. The van der Waals surface area contributed by atoms with Gasteiger partial charge < -0.3 is 9.88 Å². The number of hydrogen-bond donors (Lipinski definition) is 1. The number of nitrogens with zero attached hydrogens (tertiary/aromatic N) is 1. The molecule has 9 aromatic carbocycles. The van der Waals surface area contributed by atoms with Gasteiger partial charge in [0.25, 0.3) is 0 Å². The van der Waals surface area contributed by atoms with Crippen molar-refractivity contribution < 1.29 is 0 Å². The predicted molar refractivity (Wildman–Crippen MR) is 248 cm³/mol. The highest BCUT2D eigenvalue weighted by molar-refractivity contribution is 6.73. The van der Waals surface area contributed by atoms with E-state index < -0.39 is 5.41 Å². The van der Waals surface area contributed by atoms with Crippen LogP contribution in [-0.4, -0.2) is 11.8 Å². The molecule has 0 bridgehead atoms. The lowest BCUT2D eigenvalue weighted by molar-refractivity contribution is 0.660. The summed E-state index contributed by atoms with van der Waals surface area (Å²) in [4.78, 5) is 0. The first kappa shape index (κ1) is 31.9. The van der Waals surface area contributed by atoms with Crippen molar-refractivity contribution in [1.82, 2.24) is 4.57 Å². The van der Waals surface area contributed by atoms with E-state index in [0.29, 0.717) is 0 Å². The first-order chi connectivity index (χ1) is 29.0. The van der Waals surface area contributed by atoms with Crippen molar-refractivity contribution in [3.05, 3.63) is 209 Å². The Morgan fingerprint density at radius 1 is 0.475 bits per heavy atom. The van der Waals surface area contributed by atoms with Gasteiger partial charge in [-0.15, -0.1) is 0 Å². The minimum Gasteiger partial charge on any atom is -0.354 e. The topological polar surface area (TPSA) is 17.0 Å². The fourth-order valence-corrected chi connectivity index (χ4v) is 12.2. The predicted octanol–water partition coefficient (Wildman–Crippen LogP) is 12.0. The van der Waals surface area contributed by atoms with Gasteiger partial charge in [0.1, 0.15) is 0 Å². The van der Waals surface area contributed by atoms with Crippen LogP contribution in [0.2, 0.25) is 0 Å². The van der Waals surface area contributed by atoms with Gasteiger partial charge in [0.2, 0.25) is 0 Å². The van der Waals surface area contributed by atoms with E-state index in [4.69, 9.17) is 0 Å². The van der Waals surface area contributed by atoms with Crippen molar-refractivity contribution in [1.29, 1.82) is 0 Å². The van der Waals surface area contributed by atoms with E-state index in [2.05, 4.69) is 200 Å². The first-order valence-corrected chi connectivity index (χ1v) is 21.0. The van der Waals surface area contributed by atoms with E-state index in [-0.39, 0.29) is 5.41 Å². The third-order valence-electron chi connectivity index (χ3n) is 14.6. The maximum absolute atomic E-state index is 4.14. The van der Waals surface area contributed by atoms with Crippen LogP contribution in [0.15, 0.2) is 176 Å². The quantitative estimate of drug-likeness (QED) is 0.165. The van der Waals surface area contributed by atoms with Crippen molar-refractivity contribution in [2.45, 2.75) is 24.7 Å². The Labute approximate surface area is 343 Å². The molecule has 59 heavy (non-hydrogen) atoms. The van der Waals surface area contributed by atoms with Crippen LogP contribution < -0.4 is 16.2 Å². The van der Waals surface area contributed by atoms with Crippen molar-refractivity contribution >= 4 is 62.2 Å². The lowest BCUT2D eigenvalue weighted by atomic mass is 9.57. The van der Waals surface area contributed by atoms with Gasteiger partial charge in [0.05, 0.1) is 16.6 Å². The molecular formula is C56H37BN2. The molecule has 1 aromatic heterocycles. The summed E-state index contributed by atoms with van der Waals surface area (Å²) >= 11 is 0.